The summed E-state index contributed by atoms with van der Waals surface area (Å²) in [5, 5.41) is 0. The monoisotopic (exact) mass is 179 g/mol. The van der Waals surface area contributed by atoms with Crippen molar-refractivity contribution in [3.05, 3.63) is 12.2 Å². The lowest BCUT2D eigenvalue weighted by Gasteiger charge is -2.46. The number of amides is 1. The van der Waals surface area contributed by atoms with E-state index in [-0.39, 0.29) is 5.92 Å². The SMILES string of the molecule is CC1(C)CN(C(=O)C2CC=CC2)C1. The summed E-state index contributed by atoms with van der Waals surface area (Å²) in [6, 6.07) is 0. The Bertz CT molecular complexity index is 239. The van der Waals surface area contributed by atoms with E-state index in [1.807, 2.05) is 4.90 Å². The standard InChI is InChI=1S/C11H17NO/c1-11(2)7-12(8-11)10(13)9-5-3-4-6-9/h3-4,9H,5-8H2,1-2H3. The number of carbonyl (C=O) groups excluding carboxylic acids is 1. The van der Waals surface area contributed by atoms with Crippen LogP contribution in [-0.4, -0.2) is 23.9 Å². The van der Waals surface area contributed by atoms with Crippen molar-refractivity contribution in [2.24, 2.45) is 11.3 Å². The van der Waals surface area contributed by atoms with Gasteiger partial charge in [0.05, 0.1) is 0 Å². The minimum atomic E-state index is 0.260. The van der Waals surface area contributed by atoms with Crippen molar-refractivity contribution in [2.45, 2.75) is 26.7 Å². The van der Waals surface area contributed by atoms with Crippen LogP contribution < -0.4 is 0 Å². The number of hydrogen-bond acceptors (Lipinski definition) is 1. The van der Waals surface area contributed by atoms with Gasteiger partial charge in [0.25, 0.3) is 0 Å². The average molecular weight is 179 g/mol. The largest absolute Gasteiger partial charge is 0.341 e. The normalized spacial score (nSPS) is 26.2. The van der Waals surface area contributed by atoms with Gasteiger partial charge in [-0.3, -0.25) is 4.79 Å². The van der Waals surface area contributed by atoms with Crippen LogP contribution in [0.5, 0.6) is 0 Å². The van der Waals surface area contributed by atoms with Crippen LogP contribution in [0.15, 0.2) is 12.2 Å². The zero-order valence-corrected chi connectivity index (χ0v) is 8.42. The fourth-order valence-electron chi connectivity index (χ4n) is 2.22. The Kier molecular flexibility index (Phi) is 1.94. The molecule has 1 aliphatic heterocycles. The van der Waals surface area contributed by atoms with Gasteiger partial charge in [-0.15, -0.1) is 0 Å². The van der Waals surface area contributed by atoms with Crippen molar-refractivity contribution >= 4 is 5.91 Å². The number of hydrogen-bond donors (Lipinski definition) is 0. The fraction of sp³-hybridized carbons (Fsp3) is 0.727. The molecule has 2 aliphatic rings. The van der Waals surface area contributed by atoms with Gasteiger partial charge in [-0.2, -0.15) is 0 Å². The van der Waals surface area contributed by atoms with E-state index in [9.17, 15) is 4.79 Å². The van der Waals surface area contributed by atoms with E-state index in [4.69, 9.17) is 0 Å². The van der Waals surface area contributed by atoms with Crippen LogP contribution in [0.3, 0.4) is 0 Å². The van der Waals surface area contributed by atoms with Gasteiger partial charge in [0.15, 0.2) is 0 Å². The first-order valence-electron chi connectivity index (χ1n) is 5.02. The van der Waals surface area contributed by atoms with Crippen molar-refractivity contribution in [1.82, 2.24) is 4.90 Å². The van der Waals surface area contributed by atoms with Crippen LogP contribution in [0.2, 0.25) is 0 Å². The smallest absolute Gasteiger partial charge is 0.226 e. The van der Waals surface area contributed by atoms with Crippen molar-refractivity contribution in [1.29, 1.82) is 0 Å². The third-order valence-electron chi connectivity index (χ3n) is 2.91. The molecular formula is C11H17NO. The predicted octanol–water partition coefficient (Wildman–Crippen LogP) is 1.82. The quantitative estimate of drug-likeness (QED) is 0.562. The summed E-state index contributed by atoms with van der Waals surface area (Å²) in [5.74, 6) is 0.625. The van der Waals surface area contributed by atoms with E-state index in [0.29, 0.717) is 11.3 Å². The lowest BCUT2D eigenvalue weighted by Crippen LogP contribution is -2.56. The second-order valence-corrected chi connectivity index (χ2v) is 5.00. The maximum Gasteiger partial charge on any atom is 0.226 e. The molecule has 2 rings (SSSR count). The summed E-state index contributed by atoms with van der Waals surface area (Å²) in [7, 11) is 0. The van der Waals surface area contributed by atoms with Crippen molar-refractivity contribution < 1.29 is 4.79 Å². The molecule has 1 saturated heterocycles. The molecule has 1 heterocycles. The van der Waals surface area contributed by atoms with Crippen molar-refractivity contribution in [3.63, 3.8) is 0 Å². The predicted molar refractivity (Wildman–Crippen MR) is 52.2 cm³/mol. The average Bonchev–Trinajstić information content (AvgIpc) is 2.50. The van der Waals surface area contributed by atoms with E-state index >= 15 is 0 Å². The Labute approximate surface area is 79.6 Å². The Morgan fingerprint density at radius 1 is 1.31 bits per heavy atom. The van der Waals surface area contributed by atoms with E-state index in [2.05, 4.69) is 26.0 Å². The lowest BCUT2D eigenvalue weighted by atomic mass is 9.83. The second kappa shape index (κ2) is 2.86. The maximum atomic E-state index is 11.8. The van der Waals surface area contributed by atoms with Gasteiger partial charge in [0, 0.05) is 19.0 Å². The summed E-state index contributed by atoms with van der Waals surface area (Å²) in [6.45, 7) is 6.32. The molecule has 0 aromatic heterocycles. The van der Waals surface area contributed by atoms with Gasteiger partial charge in [-0.1, -0.05) is 26.0 Å². The number of allylic oxidation sites excluding steroid dienone is 2. The van der Waals surface area contributed by atoms with Crippen LogP contribution in [0.4, 0.5) is 0 Å². The molecule has 2 nitrogen and oxygen atoms in total. The van der Waals surface area contributed by atoms with Gasteiger partial charge in [-0.05, 0) is 18.3 Å². The number of rotatable bonds is 1. The molecule has 0 N–H and O–H groups in total. The van der Waals surface area contributed by atoms with E-state index in [1.165, 1.54) is 0 Å². The highest BCUT2D eigenvalue weighted by Crippen LogP contribution is 2.32. The molecule has 0 radical (unpaired) electrons. The maximum absolute atomic E-state index is 11.8. The first-order valence-corrected chi connectivity index (χ1v) is 5.02. The Hall–Kier alpha value is -0.790. The molecule has 0 unspecified atom stereocenters. The third kappa shape index (κ3) is 1.62. The highest BCUT2D eigenvalue weighted by Gasteiger charge is 2.39. The highest BCUT2D eigenvalue weighted by molar-refractivity contribution is 5.80. The zero-order chi connectivity index (χ0) is 9.47. The summed E-state index contributed by atoms with van der Waals surface area (Å²) >= 11 is 0. The molecule has 0 atom stereocenters. The number of nitrogens with zero attached hydrogens (tertiary/aromatic N) is 1. The first kappa shape index (κ1) is 8.79. The van der Waals surface area contributed by atoms with Gasteiger partial charge < -0.3 is 4.90 Å². The molecule has 72 valence electrons. The minimum Gasteiger partial charge on any atom is -0.341 e. The molecular weight excluding hydrogens is 162 g/mol. The van der Waals surface area contributed by atoms with Crippen molar-refractivity contribution in [3.8, 4) is 0 Å². The Morgan fingerprint density at radius 3 is 2.31 bits per heavy atom. The minimum absolute atomic E-state index is 0.260. The van der Waals surface area contributed by atoms with Gasteiger partial charge in [-0.25, -0.2) is 0 Å². The number of carbonyl (C=O) groups is 1. The molecule has 1 aliphatic carbocycles. The second-order valence-electron chi connectivity index (χ2n) is 5.00. The van der Waals surface area contributed by atoms with Gasteiger partial charge in [0.1, 0.15) is 0 Å². The van der Waals surface area contributed by atoms with E-state index in [1.54, 1.807) is 0 Å². The molecule has 0 aromatic rings. The first-order chi connectivity index (χ1) is 6.08. The lowest BCUT2D eigenvalue weighted by molar-refractivity contribution is -0.145. The summed E-state index contributed by atoms with van der Waals surface area (Å²) in [4.78, 5) is 13.8. The molecule has 2 heteroatoms. The fourth-order valence-corrected chi connectivity index (χ4v) is 2.22. The Balaban J connectivity index is 1.86. The highest BCUT2D eigenvalue weighted by atomic mass is 16.2. The third-order valence-corrected chi connectivity index (χ3v) is 2.91. The van der Waals surface area contributed by atoms with Crippen LogP contribution in [-0.2, 0) is 4.79 Å². The number of likely N-dealkylation sites (tertiary alicyclic amines) is 1. The molecule has 13 heavy (non-hydrogen) atoms. The zero-order valence-electron chi connectivity index (χ0n) is 8.42. The molecule has 0 spiro atoms. The Morgan fingerprint density at radius 2 is 1.85 bits per heavy atom. The molecule has 0 saturated carbocycles. The topological polar surface area (TPSA) is 20.3 Å². The van der Waals surface area contributed by atoms with Crippen LogP contribution in [0.1, 0.15) is 26.7 Å². The van der Waals surface area contributed by atoms with Crippen LogP contribution in [0.25, 0.3) is 0 Å². The van der Waals surface area contributed by atoms with E-state index < -0.39 is 0 Å². The van der Waals surface area contributed by atoms with Gasteiger partial charge in [0.2, 0.25) is 5.91 Å². The van der Waals surface area contributed by atoms with Crippen molar-refractivity contribution in [2.75, 3.05) is 13.1 Å². The summed E-state index contributed by atoms with van der Waals surface area (Å²) in [6.07, 6.45) is 6.15. The van der Waals surface area contributed by atoms with E-state index in [0.717, 1.165) is 25.9 Å². The summed E-state index contributed by atoms with van der Waals surface area (Å²) < 4.78 is 0. The molecule has 0 bridgehead atoms. The van der Waals surface area contributed by atoms with Crippen LogP contribution in [0, 0.1) is 11.3 Å². The molecule has 1 fully saturated rings. The molecule has 0 aromatic carbocycles. The van der Waals surface area contributed by atoms with Crippen LogP contribution >= 0.6 is 0 Å². The molecule has 1 amide bonds. The summed E-state index contributed by atoms with van der Waals surface area (Å²) in [5.41, 5.74) is 0.363. The van der Waals surface area contributed by atoms with Gasteiger partial charge >= 0.3 is 0 Å².